The van der Waals surface area contributed by atoms with E-state index in [0.717, 1.165) is 27.7 Å². The first-order valence-corrected chi connectivity index (χ1v) is 5.63. The second kappa shape index (κ2) is 4.08. The van der Waals surface area contributed by atoms with Crippen molar-refractivity contribution in [2.75, 3.05) is 0 Å². The summed E-state index contributed by atoms with van der Waals surface area (Å²) < 4.78 is 0. The van der Waals surface area contributed by atoms with Crippen LogP contribution in [0.1, 0.15) is 30.1 Å². The van der Waals surface area contributed by atoms with Gasteiger partial charge in [0.25, 0.3) is 0 Å². The Kier molecular flexibility index (Phi) is 2.79. The lowest BCUT2D eigenvalue weighted by Crippen LogP contribution is -2.07. The van der Waals surface area contributed by atoms with Crippen molar-refractivity contribution in [3.05, 3.63) is 16.9 Å². The summed E-state index contributed by atoms with van der Waals surface area (Å²) in [6.07, 6.45) is 2.64. The molecule has 0 aliphatic heterocycles. The molecule has 80 valence electrons. The molecule has 15 heavy (non-hydrogen) atoms. The van der Waals surface area contributed by atoms with Gasteiger partial charge >= 0.3 is 0 Å². The van der Waals surface area contributed by atoms with E-state index in [1.807, 2.05) is 13.8 Å². The van der Waals surface area contributed by atoms with Crippen LogP contribution in [0, 0.1) is 6.92 Å². The Bertz CT molecular complexity index is 447. The second-order valence-corrected chi connectivity index (χ2v) is 4.38. The first-order valence-electron chi connectivity index (χ1n) is 4.81. The topological polar surface area (TPSA) is 80.5 Å². The Labute approximate surface area is 91.7 Å². The third-order valence-electron chi connectivity index (χ3n) is 2.26. The molecule has 1 atom stereocenters. The molecule has 5 nitrogen and oxygen atoms in total. The average Bonchev–Trinajstić information content (AvgIpc) is 2.84. The van der Waals surface area contributed by atoms with Crippen LogP contribution in [0.3, 0.4) is 0 Å². The van der Waals surface area contributed by atoms with Gasteiger partial charge in [0.1, 0.15) is 5.01 Å². The maximum atomic E-state index is 5.88. The van der Waals surface area contributed by atoms with Crippen molar-refractivity contribution in [2.24, 2.45) is 5.73 Å². The largest absolute Gasteiger partial charge is 0.322 e. The highest BCUT2D eigenvalue weighted by molar-refractivity contribution is 7.14. The van der Waals surface area contributed by atoms with Gasteiger partial charge in [-0.2, -0.15) is 5.10 Å². The maximum absolute atomic E-state index is 5.88. The molecule has 2 aromatic rings. The molecule has 0 saturated heterocycles. The summed E-state index contributed by atoms with van der Waals surface area (Å²) in [7, 11) is 0. The molecule has 0 aliphatic rings. The first-order chi connectivity index (χ1) is 7.22. The van der Waals surface area contributed by atoms with Gasteiger partial charge in [-0.3, -0.25) is 5.10 Å². The van der Waals surface area contributed by atoms with Gasteiger partial charge in [-0.15, -0.1) is 10.2 Å². The number of nitrogens with two attached hydrogens (primary N) is 1. The van der Waals surface area contributed by atoms with E-state index in [1.54, 1.807) is 6.20 Å². The van der Waals surface area contributed by atoms with Crippen LogP contribution in [0.2, 0.25) is 0 Å². The number of aromatic amines is 1. The van der Waals surface area contributed by atoms with Gasteiger partial charge in [0.2, 0.25) is 0 Å². The monoisotopic (exact) mass is 223 g/mol. The van der Waals surface area contributed by atoms with E-state index in [0.29, 0.717) is 0 Å². The van der Waals surface area contributed by atoms with E-state index in [1.165, 1.54) is 11.3 Å². The molecule has 0 spiro atoms. The number of rotatable bonds is 3. The Morgan fingerprint density at radius 3 is 2.93 bits per heavy atom. The third-order valence-corrected chi connectivity index (χ3v) is 3.35. The summed E-state index contributed by atoms with van der Waals surface area (Å²) in [5.41, 5.74) is 7.89. The lowest BCUT2D eigenvalue weighted by atomic mass is 10.3. The minimum atomic E-state index is -0.0107. The second-order valence-electron chi connectivity index (χ2n) is 3.37. The average molecular weight is 223 g/mol. The van der Waals surface area contributed by atoms with Crippen molar-refractivity contribution in [2.45, 2.75) is 26.3 Å². The van der Waals surface area contributed by atoms with E-state index in [9.17, 15) is 0 Å². The fourth-order valence-electron chi connectivity index (χ4n) is 1.23. The molecule has 2 aromatic heterocycles. The molecule has 3 N–H and O–H groups in total. The summed E-state index contributed by atoms with van der Waals surface area (Å²) in [6, 6.07) is -0.0107. The number of aryl methyl sites for hydroxylation is 1. The third kappa shape index (κ3) is 1.91. The summed E-state index contributed by atoms with van der Waals surface area (Å²) in [5, 5.41) is 16.8. The highest BCUT2D eigenvalue weighted by Crippen LogP contribution is 2.27. The van der Waals surface area contributed by atoms with Gasteiger partial charge in [-0.05, 0) is 13.3 Å². The van der Waals surface area contributed by atoms with Crippen molar-refractivity contribution >= 4 is 11.3 Å². The Morgan fingerprint density at radius 1 is 1.53 bits per heavy atom. The van der Waals surface area contributed by atoms with Gasteiger partial charge in [-0.1, -0.05) is 18.3 Å². The summed E-state index contributed by atoms with van der Waals surface area (Å²) in [5.74, 6) is 0. The number of hydrogen-bond donors (Lipinski definition) is 2. The normalized spacial score (nSPS) is 13.0. The molecule has 0 aliphatic carbocycles. The van der Waals surface area contributed by atoms with E-state index < -0.39 is 0 Å². The molecule has 6 heteroatoms. The van der Waals surface area contributed by atoms with Gasteiger partial charge in [0.05, 0.1) is 17.8 Å². The molecule has 2 heterocycles. The molecule has 0 bridgehead atoms. The summed E-state index contributed by atoms with van der Waals surface area (Å²) in [6.45, 7) is 4.00. The van der Waals surface area contributed by atoms with Gasteiger partial charge in [0, 0.05) is 5.69 Å². The SMILES string of the molecule is CCC(N)c1nnc(-c2cn[nH]c2C)s1. The molecule has 0 aromatic carbocycles. The van der Waals surface area contributed by atoms with E-state index >= 15 is 0 Å². The fourth-order valence-corrected chi connectivity index (χ4v) is 2.23. The molecule has 0 amide bonds. The van der Waals surface area contributed by atoms with Crippen molar-refractivity contribution in [1.29, 1.82) is 0 Å². The predicted molar refractivity (Wildman–Crippen MR) is 59.4 cm³/mol. The predicted octanol–water partition coefficient (Wildman–Crippen LogP) is 1.65. The van der Waals surface area contributed by atoms with Crippen LogP contribution in [0.5, 0.6) is 0 Å². The van der Waals surface area contributed by atoms with E-state index in [4.69, 9.17) is 5.73 Å². The Morgan fingerprint density at radius 2 is 2.33 bits per heavy atom. The summed E-state index contributed by atoms with van der Waals surface area (Å²) >= 11 is 1.53. The Balaban J connectivity index is 2.32. The van der Waals surface area contributed by atoms with Gasteiger partial charge < -0.3 is 5.73 Å². The van der Waals surface area contributed by atoms with Crippen LogP contribution in [0.4, 0.5) is 0 Å². The molecule has 0 fully saturated rings. The van der Waals surface area contributed by atoms with Crippen LogP contribution in [-0.2, 0) is 0 Å². The quantitative estimate of drug-likeness (QED) is 0.829. The van der Waals surface area contributed by atoms with Gasteiger partial charge in [-0.25, -0.2) is 0 Å². The van der Waals surface area contributed by atoms with Crippen molar-refractivity contribution < 1.29 is 0 Å². The fraction of sp³-hybridized carbons (Fsp3) is 0.444. The van der Waals surface area contributed by atoms with Crippen molar-refractivity contribution in [3.63, 3.8) is 0 Å². The maximum Gasteiger partial charge on any atom is 0.151 e. The van der Waals surface area contributed by atoms with E-state index in [-0.39, 0.29) is 6.04 Å². The van der Waals surface area contributed by atoms with Crippen LogP contribution in [0.25, 0.3) is 10.6 Å². The smallest absolute Gasteiger partial charge is 0.151 e. The number of hydrogen-bond acceptors (Lipinski definition) is 5. The first kappa shape index (κ1) is 10.3. The van der Waals surface area contributed by atoms with Crippen molar-refractivity contribution in [1.82, 2.24) is 20.4 Å². The minimum absolute atomic E-state index is 0.0107. The minimum Gasteiger partial charge on any atom is -0.322 e. The van der Waals surface area contributed by atoms with Crippen LogP contribution in [0.15, 0.2) is 6.20 Å². The molecule has 1 unspecified atom stereocenters. The highest BCUT2D eigenvalue weighted by atomic mass is 32.1. The van der Waals surface area contributed by atoms with Gasteiger partial charge in [0.15, 0.2) is 5.01 Å². The molecular formula is C9H13N5S. The number of H-pyrrole nitrogens is 1. The highest BCUT2D eigenvalue weighted by Gasteiger charge is 2.13. The van der Waals surface area contributed by atoms with Crippen LogP contribution in [-0.4, -0.2) is 20.4 Å². The zero-order chi connectivity index (χ0) is 10.8. The lowest BCUT2D eigenvalue weighted by molar-refractivity contribution is 0.683. The molecule has 0 saturated carbocycles. The van der Waals surface area contributed by atoms with Crippen molar-refractivity contribution in [3.8, 4) is 10.6 Å². The standard InChI is InChI=1S/C9H13N5S/c1-3-7(10)9-14-13-8(15-9)6-4-11-12-5(6)2/h4,7H,3,10H2,1-2H3,(H,11,12). The zero-order valence-corrected chi connectivity index (χ0v) is 9.51. The summed E-state index contributed by atoms with van der Waals surface area (Å²) in [4.78, 5) is 0. The number of nitrogens with zero attached hydrogens (tertiary/aromatic N) is 3. The lowest BCUT2D eigenvalue weighted by Gasteiger charge is -2.00. The Hall–Kier alpha value is -1.27. The van der Waals surface area contributed by atoms with Crippen LogP contribution < -0.4 is 5.73 Å². The molecule has 2 rings (SSSR count). The number of aromatic nitrogens is 4. The van der Waals surface area contributed by atoms with E-state index in [2.05, 4.69) is 20.4 Å². The van der Waals surface area contributed by atoms with Crippen LogP contribution >= 0.6 is 11.3 Å². The zero-order valence-electron chi connectivity index (χ0n) is 8.69. The molecular weight excluding hydrogens is 210 g/mol. The number of nitrogens with one attached hydrogen (secondary N) is 1. The molecule has 0 radical (unpaired) electrons.